The van der Waals surface area contributed by atoms with Crippen LogP contribution in [0.3, 0.4) is 0 Å². The summed E-state index contributed by atoms with van der Waals surface area (Å²) in [5, 5.41) is 3.41. The molecule has 4 heteroatoms. The van der Waals surface area contributed by atoms with E-state index in [0.29, 0.717) is 17.9 Å². The Hall–Kier alpha value is -1.91. The summed E-state index contributed by atoms with van der Waals surface area (Å²) < 4.78 is 0. The summed E-state index contributed by atoms with van der Waals surface area (Å²) >= 11 is 0. The molecule has 0 amide bonds. The van der Waals surface area contributed by atoms with Gasteiger partial charge in [0, 0.05) is 24.3 Å². The van der Waals surface area contributed by atoms with Crippen LogP contribution in [0.15, 0.2) is 42.6 Å². The van der Waals surface area contributed by atoms with Crippen molar-refractivity contribution in [2.75, 3.05) is 5.32 Å². The van der Waals surface area contributed by atoms with Crippen molar-refractivity contribution in [3.63, 3.8) is 0 Å². The second-order valence-corrected chi connectivity index (χ2v) is 8.34. The van der Waals surface area contributed by atoms with Gasteiger partial charge in [-0.05, 0) is 68.1 Å². The number of aromatic nitrogens is 1. The lowest BCUT2D eigenvalue weighted by atomic mass is 9.76. The van der Waals surface area contributed by atoms with Gasteiger partial charge in [0.2, 0.25) is 0 Å². The molecule has 1 heterocycles. The molecule has 5 N–H and O–H groups in total. The van der Waals surface area contributed by atoms with Crippen LogP contribution in [0.2, 0.25) is 0 Å². The van der Waals surface area contributed by atoms with Gasteiger partial charge in [0.25, 0.3) is 0 Å². The maximum Gasteiger partial charge on any atom is 0.126 e. The molecule has 26 heavy (non-hydrogen) atoms. The van der Waals surface area contributed by atoms with Crippen LogP contribution in [-0.4, -0.2) is 16.6 Å². The van der Waals surface area contributed by atoms with Crippen LogP contribution in [0.1, 0.15) is 54.7 Å². The first-order valence-electron chi connectivity index (χ1n) is 9.83. The van der Waals surface area contributed by atoms with Crippen molar-refractivity contribution in [1.29, 1.82) is 0 Å². The average molecular weight is 351 g/mol. The minimum atomic E-state index is -0.0113. The molecule has 2 aliphatic rings. The van der Waals surface area contributed by atoms with E-state index in [-0.39, 0.29) is 5.54 Å². The van der Waals surface area contributed by atoms with Crippen molar-refractivity contribution >= 4 is 5.82 Å². The van der Waals surface area contributed by atoms with Crippen molar-refractivity contribution in [2.24, 2.45) is 17.4 Å². The van der Waals surface area contributed by atoms with Gasteiger partial charge >= 0.3 is 0 Å². The topological polar surface area (TPSA) is 77.0 Å². The monoisotopic (exact) mass is 350 g/mol. The summed E-state index contributed by atoms with van der Waals surface area (Å²) in [5.74, 6) is 2.11. The molecular formula is C22H30N4. The maximum atomic E-state index is 6.72. The molecule has 0 radical (unpaired) electrons. The Balaban J connectivity index is 1.34. The van der Waals surface area contributed by atoms with Crippen LogP contribution in [0.4, 0.5) is 5.82 Å². The van der Waals surface area contributed by atoms with Gasteiger partial charge in [-0.3, -0.25) is 0 Å². The van der Waals surface area contributed by atoms with Gasteiger partial charge in [-0.25, -0.2) is 4.98 Å². The standard InChI is InChI=1S/C22H30N4/c1-15-3-2-4-16(11-15)13-25-21-6-5-17(14-26-21)19-12-20(19)22(24)9-7-18(23)8-10-22/h2-6,11,14,18-20H,7-10,12-13,23-24H2,1H3,(H,25,26)/t18?,19-,20+,22?/m0/s1. The Morgan fingerprint density at radius 3 is 2.69 bits per heavy atom. The van der Waals surface area contributed by atoms with Crippen LogP contribution < -0.4 is 16.8 Å². The third kappa shape index (κ3) is 3.76. The van der Waals surface area contributed by atoms with E-state index in [1.165, 1.54) is 23.1 Å². The highest BCUT2D eigenvalue weighted by molar-refractivity contribution is 5.39. The van der Waals surface area contributed by atoms with Crippen LogP contribution in [0.25, 0.3) is 0 Å². The van der Waals surface area contributed by atoms with Gasteiger partial charge in [-0.15, -0.1) is 0 Å². The van der Waals surface area contributed by atoms with Crippen LogP contribution in [0, 0.1) is 12.8 Å². The predicted octanol–water partition coefficient (Wildman–Crippen LogP) is 3.70. The third-order valence-corrected chi connectivity index (χ3v) is 6.26. The van der Waals surface area contributed by atoms with Gasteiger partial charge in [0.1, 0.15) is 5.82 Å². The molecule has 0 unspecified atom stereocenters. The van der Waals surface area contributed by atoms with Crippen LogP contribution >= 0.6 is 0 Å². The van der Waals surface area contributed by atoms with Gasteiger partial charge in [-0.2, -0.15) is 0 Å². The normalized spacial score (nSPS) is 30.8. The van der Waals surface area contributed by atoms with Crippen molar-refractivity contribution in [1.82, 2.24) is 4.98 Å². The highest BCUT2D eigenvalue weighted by atomic mass is 15.0. The molecule has 4 rings (SSSR count). The zero-order valence-electron chi connectivity index (χ0n) is 15.6. The number of aryl methyl sites for hydroxylation is 1. The molecule has 2 aliphatic carbocycles. The minimum absolute atomic E-state index is 0.0113. The second-order valence-electron chi connectivity index (χ2n) is 8.34. The summed E-state index contributed by atoms with van der Waals surface area (Å²) in [5.41, 5.74) is 16.6. The smallest absolute Gasteiger partial charge is 0.126 e. The first-order valence-corrected chi connectivity index (χ1v) is 9.83. The SMILES string of the molecule is Cc1cccc(CNc2ccc([C@@H]3C[C@H]3C3(N)CCC(N)CC3)cn2)c1. The second kappa shape index (κ2) is 7.01. The number of anilines is 1. The number of benzene rings is 1. The molecule has 1 aromatic carbocycles. The molecule has 1 aromatic heterocycles. The third-order valence-electron chi connectivity index (χ3n) is 6.26. The first kappa shape index (κ1) is 17.5. The van der Waals surface area contributed by atoms with E-state index in [1.807, 2.05) is 6.20 Å². The lowest BCUT2D eigenvalue weighted by Gasteiger charge is -2.36. The van der Waals surface area contributed by atoms with E-state index in [1.54, 1.807) is 0 Å². The van der Waals surface area contributed by atoms with E-state index in [4.69, 9.17) is 11.5 Å². The summed E-state index contributed by atoms with van der Waals surface area (Å²) in [6.45, 7) is 2.92. The fourth-order valence-electron chi connectivity index (χ4n) is 4.49. The quantitative estimate of drug-likeness (QED) is 0.768. The number of hydrogen-bond donors (Lipinski definition) is 3. The summed E-state index contributed by atoms with van der Waals surface area (Å²) in [6.07, 6.45) is 7.50. The van der Waals surface area contributed by atoms with Crippen molar-refractivity contribution < 1.29 is 0 Å². The number of rotatable bonds is 5. The zero-order chi connectivity index (χ0) is 18.1. The van der Waals surface area contributed by atoms with Crippen LogP contribution in [0.5, 0.6) is 0 Å². The van der Waals surface area contributed by atoms with Gasteiger partial charge in [-0.1, -0.05) is 35.9 Å². The summed E-state index contributed by atoms with van der Waals surface area (Å²) in [6, 6.07) is 13.2. The van der Waals surface area contributed by atoms with Crippen molar-refractivity contribution in [2.45, 2.75) is 63.1 Å². The zero-order valence-corrected chi connectivity index (χ0v) is 15.6. The maximum absolute atomic E-state index is 6.72. The fourth-order valence-corrected chi connectivity index (χ4v) is 4.49. The molecule has 2 atom stereocenters. The molecule has 2 saturated carbocycles. The van der Waals surface area contributed by atoms with Gasteiger partial charge in [0.05, 0.1) is 0 Å². The summed E-state index contributed by atoms with van der Waals surface area (Å²) in [7, 11) is 0. The Bertz CT molecular complexity index is 747. The molecule has 0 saturated heterocycles. The van der Waals surface area contributed by atoms with Crippen LogP contribution in [-0.2, 0) is 6.54 Å². The van der Waals surface area contributed by atoms with E-state index < -0.39 is 0 Å². The molecule has 2 aromatic rings. The van der Waals surface area contributed by atoms with E-state index in [9.17, 15) is 0 Å². The number of nitrogens with two attached hydrogens (primary N) is 2. The lowest BCUT2D eigenvalue weighted by molar-refractivity contribution is 0.239. The summed E-state index contributed by atoms with van der Waals surface area (Å²) in [4.78, 5) is 4.62. The fraction of sp³-hybridized carbons (Fsp3) is 0.500. The molecule has 4 nitrogen and oxygen atoms in total. The Morgan fingerprint density at radius 1 is 1.19 bits per heavy atom. The molecular weight excluding hydrogens is 320 g/mol. The number of nitrogens with one attached hydrogen (secondary N) is 1. The van der Waals surface area contributed by atoms with Crippen molar-refractivity contribution in [3.05, 3.63) is 59.3 Å². The molecule has 138 valence electrons. The molecule has 0 aliphatic heterocycles. The minimum Gasteiger partial charge on any atom is -0.366 e. The van der Waals surface area contributed by atoms with Crippen molar-refractivity contribution in [3.8, 4) is 0 Å². The highest BCUT2D eigenvalue weighted by Crippen LogP contribution is 2.56. The van der Waals surface area contributed by atoms with E-state index in [0.717, 1.165) is 38.0 Å². The molecule has 0 bridgehead atoms. The van der Waals surface area contributed by atoms with Gasteiger partial charge in [0.15, 0.2) is 0 Å². The lowest BCUT2D eigenvalue weighted by Crippen LogP contribution is -2.48. The van der Waals surface area contributed by atoms with E-state index >= 15 is 0 Å². The number of nitrogens with zero attached hydrogens (tertiary/aromatic N) is 1. The Labute approximate surface area is 156 Å². The number of hydrogen-bond acceptors (Lipinski definition) is 4. The molecule has 0 spiro atoms. The average Bonchev–Trinajstić information content (AvgIpc) is 3.45. The Kier molecular flexibility index (Phi) is 4.72. The van der Waals surface area contributed by atoms with Gasteiger partial charge < -0.3 is 16.8 Å². The highest BCUT2D eigenvalue weighted by Gasteiger charge is 2.51. The van der Waals surface area contributed by atoms with E-state index in [2.05, 4.69) is 53.6 Å². The largest absolute Gasteiger partial charge is 0.366 e. The Morgan fingerprint density at radius 2 is 2.00 bits per heavy atom. The molecule has 2 fully saturated rings. The number of pyridine rings is 1. The first-order chi connectivity index (χ1) is 12.5. The predicted molar refractivity (Wildman–Crippen MR) is 107 cm³/mol.